The monoisotopic (exact) mass is 395 g/mol. The Morgan fingerprint density at radius 1 is 1.07 bits per heavy atom. The van der Waals surface area contributed by atoms with Crippen molar-refractivity contribution in [2.24, 2.45) is 5.92 Å². The Morgan fingerprint density at radius 3 is 2.46 bits per heavy atom. The molecule has 0 spiro atoms. The first-order chi connectivity index (χ1) is 13.4. The second-order valence-corrected chi connectivity index (χ2v) is 9.72. The lowest BCUT2D eigenvalue weighted by Crippen LogP contribution is -2.35. The average Bonchev–Trinajstić information content (AvgIpc) is 3.13. The molecule has 2 aromatic rings. The molecule has 5 heteroatoms. The Kier molecular flexibility index (Phi) is 4.98. The Labute approximate surface area is 166 Å². The Morgan fingerprint density at radius 2 is 1.82 bits per heavy atom. The number of sulfonamides is 1. The molecule has 1 aliphatic heterocycles. The van der Waals surface area contributed by atoms with Gasteiger partial charge in [0.25, 0.3) is 0 Å². The maximum absolute atomic E-state index is 13.3. The third-order valence-corrected chi connectivity index (χ3v) is 7.88. The van der Waals surface area contributed by atoms with E-state index in [1.54, 1.807) is 23.4 Å². The van der Waals surface area contributed by atoms with Crippen LogP contribution in [0, 0.1) is 12.8 Å². The van der Waals surface area contributed by atoms with E-state index in [1.165, 1.54) is 11.1 Å². The van der Waals surface area contributed by atoms with E-state index in [9.17, 15) is 13.2 Å². The zero-order valence-electron chi connectivity index (χ0n) is 16.3. The van der Waals surface area contributed by atoms with Gasteiger partial charge in [-0.1, -0.05) is 48.0 Å². The molecule has 1 heterocycles. The maximum Gasteiger partial charge on any atom is 0.243 e. The molecule has 0 radical (unpaired) electrons. The summed E-state index contributed by atoms with van der Waals surface area (Å²) in [4.78, 5) is 12.2. The van der Waals surface area contributed by atoms with Crippen molar-refractivity contribution in [1.29, 1.82) is 0 Å². The van der Waals surface area contributed by atoms with Gasteiger partial charge < -0.3 is 0 Å². The number of Topliss-reactive ketones (excluding diaryl/α,β-unsaturated/α-hetero) is 1. The smallest absolute Gasteiger partial charge is 0.243 e. The van der Waals surface area contributed by atoms with E-state index in [0.29, 0.717) is 37.2 Å². The van der Waals surface area contributed by atoms with Crippen molar-refractivity contribution in [2.45, 2.75) is 38.0 Å². The standard InChI is InChI=1S/C23H25NO3S/c1-16-6-8-18(9-7-16)19-10-12-24(13-11-19)28(26,27)23-5-3-4-20-14-21(17(2)25)15-22(20)23/h3-10,21H,11-15H2,1-2H3. The maximum atomic E-state index is 13.3. The number of ketones is 1. The highest BCUT2D eigenvalue weighted by Gasteiger charge is 2.34. The van der Waals surface area contributed by atoms with E-state index < -0.39 is 10.0 Å². The number of nitrogens with zero attached hydrogens (tertiary/aromatic N) is 1. The van der Waals surface area contributed by atoms with Gasteiger partial charge in [-0.3, -0.25) is 4.79 Å². The molecule has 2 aliphatic rings. The summed E-state index contributed by atoms with van der Waals surface area (Å²) < 4.78 is 28.2. The molecular formula is C23H25NO3S. The zero-order chi connectivity index (χ0) is 19.9. The third kappa shape index (κ3) is 3.45. The SMILES string of the molecule is CC(=O)C1Cc2cccc(S(=O)(=O)N3CC=C(c4ccc(C)cc4)CC3)c2C1. The minimum absolute atomic E-state index is 0.0965. The highest BCUT2D eigenvalue weighted by Crippen LogP contribution is 2.34. The molecule has 0 N–H and O–H groups in total. The number of carbonyl (C=O) groups is 1. The Balaban J connectivity index is 1.59. The van der Waals surface area contributed by atoms with Crippen molar-refractivity contribution in [3.05, 3.63) is 70.8 Å². The van der Waals surface area contributed by atoms with Gasteiger partial charge in [0.15, 0.2) is 0 Å². The van der Waals surface area contributed by atoms with E-state index in [0.717, 1.165) is 16.7 Å². The van der Waals surface area contributed by atoms with Crippen LogP contribution in [0.25, 0.3) is 5.57 Å². The molecule has 0 aromatic heterocycles. The molecule has 0 saturated carbocycles. The van der Waals surface area contributed by atoms with Crippen LogP contribution in [0.1, 0.15) is 35.6 Å². The van der Waals surface area contributed by atoms with Crippen LogP contribution in [-0.4, -0.2) is 31.6 Å². The summed E-state index contributed by atoms with van der Waals surface area (Å²) in [7, 11) is -3.57. The van der Waals surface area contributed by atoms with E-state index in [2.05, 4.69) is 31.2 Å². The molecule has 1 unspecified atom stereocenters. The summed E-state index contributed by atoms with van der Waals surface area (Å²) in [5.74, 6) is 0.0314. The van der Waals surface area contributed by atoms with Gasteiger partial charge in [-0.2, -0.15) is 4.31 Å². The number of hydrogen-bond donors (Lipinski definition) is 0. The van der Waals surface area contributed by atoms with Crippen LogP contribution in [0.4, 0.5) is 0 Å². The van der Waals surface area contributed by atoms with E-state index >= 15 is 0 Å². The van der Waals surface area contributed by atoms with Gasteiger partial charge in [0.05, 0.1) is 4.90 Å². The molecule has 1 aliphatic carbocycles. The van der Waals surface area contributed by atoms with Crippen LogP contribution in [-0.2, 0) is 27.7 Å². The molecule has 0 saturated heterocycles. The topological polar surface area (TPSA) is 54.5 Å². The van der Waals surface area contributed by atoms with Gasteiger partial charge in [-0.25, -0.2) is 8.42 Å². The van der Waals surface area contributed by atoms with Crippen LogP contribution in [0.2, 0.25) is 0 Å². The highest BCUT2D eigenvalue weighted by molar-refractivity contribution is 7.89. The minimum Gasteiger partial charge on any atom is -0.300 e. The summed E-state index contributed by atoms with van der Waals surface area (Å²) in [5.41, 5.74) is 5.39. The molecule has 0 bridgehead atoms. The van der Waals surface area contributed by atoms with Crippen molar-refractivity contribution >= 4 is 21.4 Å². The lowest BCUT2D eigenvalue weighted by molar-refractivity contribution is -0.120. The fraction of sp³-hybridized carbons (Fsp3) is 0.348. The lowest BCUT2D eigenvalue weighted by Gasteiger charge is -2.27. The molecule has 4 nitrogen and oxygen atoms in total. The summed E-state index contributed by atoms with van der Waals surface area (Å²) in [6, 6.07) is 13.8. The third-order valence-electron chi connectivity index (χ3n) is 5.93. The summed E-state index contributed by atoms with van der Waals surface area (Å²) in [5, 5.41) is 0. The number of fused-ring (bicyclic) bond motifs is 1. The van der Waals surface area contributed by atoms with Crippen molar-refractivity contribution < 1.29 is 13.2 Å². The van der Waals surface area contributed by atoms with Crippen molar-refractivity contribution in [3.63, 3.8) is 0 Å². The minimum atomic E-state index is -3.57. The molecule has 2 aromatic carbocycles. The lowest BCUT2D eigenvalue weighted by atomic mass is 9.99. The zero-order valence-corrected chi connectivity index (χ0v) is 17.1. The Bertz CT molecular complexity index is 1050. The molecule has 4 rings (SSSR count). The van der Waals surface area contributed by atoms with E-state index in [4.69, 9.17) is 0 Å². The predicted molar refractivity (Wildman–Crippen MR) is 111 cm³/mol. The van der Waals surface area contributed by atoms with Gasteiger partial charge in [0.2, 0.25) is 10.0 Å². The number of hydrogen-bond acceptors (Lipinski definition) is 3. The van der Waals surface area contributed by atoms with Crippen molar-refractivity contribution in [3.8, 4) is 0 Å². The molecular weight excluding hydrogens is 370 g/mol. The first-order valence-electron chi connectivity index (χ1n) is 9.73. The summed E-state index contributed by atoms with van der Waals surface area (Å²) >= 11 is 0. The van der Waals surface area contributed by atoms with Crippen molar-refractivity contribution in [1.82, 2.24) is 4.31 Å². The second-order valence-electron chi connectivity index (χ2n) is 7.82. The largest absolute Gasteiger partial charge is 0.300 e. The predicted octanol–water partition coefficient (Wildman–Crippen LogP) is 3.78. The number of aryl methyl sites for hydroxylation is 1. The van der Waals surface area contributed by atoms with Crippen LogP contribution in [0.5, 0.6) is 0 Å². The fourth-order valence-electron chi connectivity index (χ4n) is 4.18. The molecule has 28 heavy (non-hydrogen) atoms. The first-order valence-corrected chi connectivity index (χ1v) is 11.2. The van der Waals surface area contributed by atoms with Crippen LogP contribution >= 0.6 is 0 Å². The molecule has 0 amide bonds. The Hall–Kier alpha value is -2.24. The van der Waals surface area contributed by atoms with Crippen LogP contribution in [0.3, 0.4) is 0 Å². The van der Waals surface area contributed by atoms with E-state index in [-0.39, 0.29) is 11.7 Å². The number of carbonyl (C=O) groups excluding carboxylic acids is 1. The van der Waals surface area contributed by atoms with Gasteiger partial charge in [0, 0.05) is 19.0 Å². The molecule has 1 atom stereocenters. The number of benzene rings is 2. The second kappa shape index (κ2) is 7.30. The quantitative estimate of drug-likeness (QED) is 0.792. The van der Waals surface area contributed by atoms with Gasteiger partial charge in [-0.05, 0) is 61.4 Å². The van der Waals surface area contributed by atoms with Crippen LogP contribution in [0.15, 0.2) is 53.4 Å². The molecule has 0 fully saturated rings. The average molecular weight is 396 g/mol. The summed E-state index contributed by atoms with van der Waals surface area (Å²) in [6.07, 6.45) is 3.89. The fourth-order valence-corrected chi connectivity index (χ4v) is 5.84. The first kappa shape index (κ1) is 19.1. The van der Waals surface area contributed by atoms with Gasteiger partial charge in [-0.15, -0.1) is 0 Å². The normalized spacial score (nSPS) is 19.9. The summed E-state index contributed by atoms with van der Waals surface area (Å²) in [6.45, 7) is 4.50. The number of rotatable bonds is 4. The van der Waals surface area contributed by atoms with Crippen molar-refractivity contribution in [2.75, 3.05) is 13.1 Å². The van der Waals surface area contributed by atoms with Gasteiger partial charge >= 0.3 is 0 Å². The van der Waals surface area contributed by atoms with Crippen LogP contribution < -0.4 is 0 Å². The highest BCUT2D eigenvalue weighted by atomic mass is 32.2. The van der Waals surface area contributed by atoms with Gasteiger partial charge in [0.1, 0.15) is 5.78 Å². The van der Waals surface area contributed by atoms with E-state index in [1.807, 2.05) is 12.1 Å². The molecule has 146 valence electrons.